The van der Waals surface area contributed by atoms with Crippen molar-refractivity contribution in [2.45, 2.75) is 4.90 Å². The third-order valence-corrected chi connectivity index (χ3v) is 4.62. The summed E-state index contributed by atoms with van der Waals surface area (Å²) in [5, 5.41) is 0. The largest absolute Gasteiger partial charge is 0.289 e. The van der Waals surface area contributed by atoms with Crippen LogP contribution < -0.4 is 0 Å². The van der Waals surface area contributed by atoms with Gasteiger partial charge in [0.1, 0.15) is 0 Å². The van der Waals surface area contributed by atoms with Gasteiger partial charge >= 0.3 is 0 Å². The van der Waals surface area contributed by atoms with Crippen LogP contribution in [0, 0.1) is 0 Å². The van der Waals surface area contributed by atoms with Gasteiger partial charge in [0.2, 0.25) is 0 Å². The summed E-state index contributed by atoms with van der Waals surface area (Å²) in [5.41, 5.74) is 3.57. The van der Waals surface area contributed by atoms with Crippen molar-refractivity contribution in [3.63, 3.8) is 0 Å². The number of fused-ring (bicyclic) bond motifs is 2. The van der Waals surface area contributed by atoms with Crippen LogP contribution in [0.1, 0.15) is 31.8 Å². The second kappa shape index (κ2) is 5.21. The molecule has 0 bridgehead atoms. The van der Waals surface area contributed by atoms with E-state index in [4.69, 9.17) is 0 Å². The Labute approximate surface area is 139 Å². The molecular formula is C20H12O2S. The molecule has 0 heterocycles. The van der Waals surface area contributed by atoms with E-state index in [1.165, 1.54) is 0 Å². The fourth-order valence-electron chi connectivity index (χ4n) is 3.02. The van der Waals surface area contributed by atoms with Crippen molar-refractivity contribution in [3.05, 3.63) is 89.0 Å². The first-order chi connectivity index (χ1) is 11.2. The van der Waals surface area contributed by atoms with E-state index in [9.17, 15) is 9.59 Å². The van der Waals surface area contributed by atoms with Crippen LogP contribution in [0.5, 0.6) is 0 Å². The molecule has 0 saturated carbocycles. The van der Waals surface area contributed by atoms with Crippen LogP contribution in [0.15, 0.2) is 71.6 Å². The first-order valence-electron chi connectivity index (χ1n) is 7.28. The summed E-state index contributed by atoms with van der Waals surface area (Å²) < 4.78 is 0. The minimum atomic E-state index is -0.141. The summed E-state index contributed by atoms with van der Waals surface area (Å²) in [5.74, 6) is -0.261. The van der Waals surface area contributed by atoms with E-state index in [1.807, 2.05) is 36.4 Å². The van der Waals surface area contributed by atoms with Gasteiger partial charge in [-0.15, -0.1) is 12.6 Å². The molecule has 2 nitrogen and oxygen atoms in total. The Hall–Kier alpha value is -2.65. The highest BCUT2D eigenvalue weighted by Gasteiger charge is 2.31. The zero-order valence-electron chi connectivity index (χ0n) is 12.1. The fraction of sp³-hybridized carbons (Fsp3) is 0. The topological polar surface area (TPSA) is 34.1 Å². The highest BCUT2D eigenvalue weighted by molar-refractivity contribution is 7.80. The third-order valence-electron chi connectivity index (χ3n) is 4.15. The van der Waals surface area contributed by atoms with E-state index in [0.29, 0.717) is 27.1 Å². The number of hydrogen-bond donors (Lipinski definition) is 1. The summed E-state index contributed by atoms with van der Waals surface area (Å²) in [6.07, 6.45) is 0. The zero-order valence-corrected chi connectivity index (χ0v) is 13.0. The number of carbonyl (C=O) groups is 2. The molecule has 3 aromatic carbocycles. The van der Waals surface area contributed by atoms with Gasteiger partial charge in [-0.1, -0.05) is 60.7 Å². The first kappa shape index (κ1) is 14.0. The zero-order chi connectivity index (χ0) is 16.0. The summed E-state index contributed by atoms with van der Waals surface area (Å²) in [7, 11) is 0. The summed E-state index contributed by atoms with van der Waals surface area (Å²) >= 11 is 4.58. The van der Waals surface area contributed by atoms with E-state index in [0.717, 1.165) is 11.1 Å². The standard InChI is InChI=1S/C20H12O2S/c21-18-14-8-4-5-9-15(14)19(22)17-16(18)11-10-13(20(17)23)12-6-2-1-3-7-12/h1-11,23H. The lowest BCUT2D eigenvalue weighted by atomic mass is 9.82. The molecule has 0 spiro atoms. The second-order valence-corrected chi connectivity index (χ2v) is 5.90. The Morgan fingerprint density at radius 2 is 1.13 bits per heavy atom. The fourth-order valence-corrected chi connectivity index (χ4v) is 3.45. The first-order valence-corrected chi connectivity index (χ1v) is 7.73. The van der Waals surface area contributed by atoms with Crippen molar-refractivity contribution in [1.82, 2.24) is 0 Å². The van der Waals surface area contributed by atoms with Crippen molar-refractivity contribution < 1.29 is 9.59 Å². The second-order valence-electron chi connectivity index (χ2n) is 5.45. The predicted octanol–water partition coefficient (Wildman–Crippen LogP) is 4.42. The molecule has 1 aliphatic rings. The number of rotatable bonds is 1. The summed E-state index contributed by atoms with van der Waals surface area (Å²) in [4.78, 5) is 26.1. The van der Waals surface area contributed by atoms with E-state index in [1.54, 1.807) is 30.3 Å². The van der Waals surface area contributed by atoms with Crippen molar-refractivity contribution in [1.29, 1.82) is 0 Å². The van der Waals surface area contributed by atoms with Crippen molar-refractivity contribution in [3.8, 4) is 11.1 Å². The molecule has 110 valence electrons. The number of ketones is 2. The monoisotopic (exact) mass is 316 g/mol. The van der Waals surface area contributed by atoms with E-state index in [-0.39, 0.29) is 11.6 Å². The molecule has 0 N–H and O–H groups in total. The minimum Gasteiger partial charge on any atom is -0.289 e. The molecule has 1 aliphatic carbocycles. The molecule has 23 heavy (non-hydrogen) atoms. The van der Waals surface area contributed by atoms with Crippen LogP contribution in [0.25, 0.3) is 11.1 Å². The smallest absolute Gasteiger partial charge is 0.195 e. The van der Waals surface area contributed by atoms with Gasteiger partial charge < -0.3 is 0 Å². The molecular weight excluding hydrogens is 304 g/mol. The third kappa shape index (κ3) is 2.05. The molecule has 0 fully saturated rings. The van der Waals surface area contributed by atoms with Gasteiger partial charge in [-0.3, -0.25) is 9.59 Å². The SMILES string of the molecule is O=C1c2ccccc2C(=O)c2c1ccc(-c1ccccc1)c2S. The van der Waals surface area contributed by atoms with Gasteiger partial charge in [-0.25, -0.2) is 0 Å². The molecule has 0 radical (unpaired) electrons. The Balaban J connectivity index is 1.98. The quantitative estimate of drug-likeness (QED) is 0.528. The molecule has 0 saturated heterocycles. The highest BCUT2D eigenvalue weighted by Crippen LogP contribution is 2.36. The van der Waals surface area contributed by atoms with E-state index >= 15 is 0 Å². The summed E-state index contributed by atoms with van der Waals surface area (Å²) in [6, 6.07) is 20.3. The van der Waals surface area contributed by atoms with Gasteiger partial charge in [-0.2, -0.15) is 0 Å². The van der Waals surface area contributed by atoms with Gasteiger partial charge in [-0.05, 0) is 17.2 Å². The van der Waals surface area contributed by atoms with Crippen molar-refractivity contribution in [2.24, 2.45) is 0 Å². The molecule has 4 rings (SSSR count). The maximum atomic E-state index is 12.9. The molecule has 3 heteroatoms. The van der Waals surface area contributed by atoms with Gasteiger partial charge in [0.15, 0.2) is 11.6 Å². The van der Waals surface area contributed by atoms with Crippen LogP contribution in [-0.4, -0.2) is 11.6 Å². The molecule has 0 amide bonds. The van der Waals surface area contributed by atoms with Gasteiger partial charge in [0, 0.05) is 27.1 Å². The maximum absolute atomic E-state index is 12.9. The lowest BCUT2D eigenvalue weighted by molar-refractivity contribution is 0.0977. The predicted molar refractivity (Wildman–Crippen MR) is 92.4 cm³/mol. The van der Waals surface area contributed by atoms with Crippen LogP contribution in [0.2, 0.25) is 0 Å². The normalized spacial score (nSPS) is 12.7. The van der Waals surface area contributed by atoms with E-state index in [2.05, 4.69) is 12.6 Å². The lowest BCUT2D eigenvalue weighted by Crippen LogP contribution is -2.21. The van der Waals surface area contributed by atoms with Crippen molar-refractivity contribution in [2.75, 3.05) is 0 Å². The molecule has 0 unspecified atom stereocenters. The number of benzene rings is 3. The minimum absolute atomic E-state index is 0.120. The molecule has 3 aromatic rings. The van der Waals surface area contributed by atoms with Gasteiger partial charge in [0.25, 0.3) is 0 Å². The van der Waals surface area contributed by atoms with Crippen LogP contribution in [0.4, 0.5) is 0 Å². The number of hydrogen-bond acceptors (Lipinski definition) is 3. The lowest BCUT2D eigenvalue weighted by Gasteiger charge is -2.20. The maximum Gasteiger partial charge on any atom is 0.195 e. The van der Waals surface area contributed by atoms with Crippen LogP contribution in [-0.2, 0) is 0 Å². The van der Waals surface area contributed by atoms with Crippen LogP contribution >= 0.6 is 12.6 Å². The average Bonchev–Trinajstić information content (AvgIpc) is 2.60. The summed E-state index contributed by atoms with van der Waals surface area (Å²) in [6.45, 7) is 0. The van der Waals surface area contributed by atoms with Crippen molar-refractivity contribution >= 4 is 24.2 Å². The van der Waals surface area contributed by atoms with Gasteiger partial charge in [0.05, 0.1) is 0 Å². The number of thiol groups is 1. The molecule has 0 aromatic heterocycles. The number of carbonyl (C=O) groups excluding carboxylic acids is 2. The Morgan fingerprint density at radius 1 is 0.565 bits per heavy atom. The average molecular weight is 316 g/mol. The molecule has 0 aliphatic heterocycles. The Bertz CT molecular complexity index is 959. The Kier molecular flexibility index (Phi) is 3.17. The van der Waals surface area contributed by atoms with Crippen LogP contribution in [0.3, 0.4) is 0 Å². The Morgan fingerprint density at radius 3 is 1.83 bits per heavy atom. The highest BCUT2D eigenvalue weighted by atomic mass is 32.1. The molecule has 0 atom stereocenters. The van der Waals surface area contributed by atoms with E-state index < -0.39 is 0 Å².